The number of phenols is 10. The first-order chi connectivity index (χ1) is 29.7. The molecule has 9 rings (SSSR count). The maximum atomic E-state index is 12.4. The van der Waals surface area contributed by atoms with Gasteiger partial charge in [-0.15, -0.1) is 5.46 Å². The molecule has 0 fully saturated rings. The highest BCUT2D eigenvalue weighted by Gasteiger charge is 2.33. The van der Waals surface area contributed by atoms with Crippen LogP contribution < -0.4 is 16.4 Å². The van der Waals surface area contributed by atoms with Crippen molar-refractivity contribution in [3.05, 3.63) is 97.1 Å². The lowest BCUT2D eigenvalue weighted by molar-refractivity contribution is 0.329. The van der Waals surface area contributed by atoms with Gasteiger partial charge in [0.15, 0.2) is 34.7 Å². The molecule has 0 aliphatic rings. The van der Waals surface area contributed by atoms with Gasteiger partial charge in [0.1, 0.15) is 68.8 Å². The van der Waals surface area contributed by atoms with Gasteiger partial charge < -0.3 is 55.5 Å². The van der Waals surface area contributed by atoms with Gasteiger partial charge in [0.25, 0.3) is 0 Å². The van der Waals surface area contributed by atoms with Crippen molar-refractivity contribution in [1.82, 2.24) is 15.0 Å². The zero-order valence-electron chi connectivity index (χ0n) is 31.7. The van der Waals surface area contributed by atoms with Gasteiger partial charge in [0, 0.05) is 16.3 Å². The third kappa shape index (κ3) is 5.81. The fourth-order valence-electron chi connectivity index (χ4n) is 7.47. The number of hydrogen-bond acceptors (Lipinski definition) is 14. The molecule has 296 valence electrons. The van der Waals surface area contributed by atoms with E-state index in [1.807, 2.05) is 42.5 Å². The van der Waals surface area contributed by atoms with E-state index in [9.17, 15) is 51.1 Å². The predicted molar refractivity (Wildman–Crippen MR) is 233 cm³/mol. The van der Waals surface area contributed by atoms with Gasteiger partial charge in [-0.2, -0.15) is 0 Å². The quantitative estimate of drug-likeness (QED) is 0.0588. The monoisotopic (exact) mass is 817 g/mol. The van der Waals surface area contributed by atoms with Gasteiger partial charge >= 0.3 is 0 Å². The second-order valence-electron chi connectivity index (χ2n) is 14.1. The summed E-state index contributed by atoms with van der Waals surface area (Å²) in [6, 6.07) is 28.3. The van der Waals surface area contributed by atoms with Crippen molar-refractivity contribution < 1.29 is 55.5 Å². The first-order valence-electron chi connectivity index (χ1n) is 18.4. The summed E-state index contributed by atoms with van der Waals surface area (Å²) in [5.41, 5.74) is -1.33. The van der Waals surface area contributed by atoms with Gasteiger partial charge in [-0.3, -0.25) is 0 Å². The van der Waals surface area contributed by atoms with Gasteiger partial charge in [0.2, 0.25) is 17.2 Å². The Bertz CT molecular complexity index is 3200. The molecule has 2 aromatic heterocycles. The van der Waals surface area contributed by atoms with Crippen LogP contribution in [0.1, 0.15) is 0 Å². The van der Waals surface area contributed by atoms with Gasteiger partial charge in [-0.25, -0.2) is 15.0 Å². The Morgan fingerprint density at radius 3 is 1.45 bits per heavy atom. The molecule has 62 heavy (non-hydrogen) atoms. The lowest BCUT2D eigenvalue weighted by Gasteiger charge is -2.20. The van der Waals surface area contributed by atoms with Crippen LogP contribution in [0.15, 0.2) is 101 Å². The van der Waals surface area contributed by atoms with Crippen LogP contribution in [0.25, 0.3) is 89.5 Å². The average molecular weight is 817 g/mol. The Labute approximate surface area is 353 Å². The number of furan rings is 1. The minimum Gasteiger partial charge on any atom is -0.506 e. The average Bonchev–Trinajstić information content (AvgIpc) is 3.66. The van der Waals surface area contributed by atoms with Crippen molar-refractivity contribution in [3.63, 3.8) is 0 Å². The van der Waals surface area contributed by atoms with E-state index in [4.69, 9.17) is 28.0 Å². The Morgan fingerprint density at radius 2 is 0.806 bits per heavy atom. The molecule has 7 aromatic carbocycles. The molecule has 6 radical (unpaired) electrons. The van der Waals surface area contributed by atoms with E-state index < -0.39 is 108 Å². The maximum absolute atomic E-state index is 12.4. The molecule has 0 aliphatic carbocycles. The van der Waals surface area contributed by atoms with Crippen molar-refractivity contribution in [3.8, 4) is 125 Å². The predicted octanol–water partition coefficient (Wildman–Crippen LogP) is 5.21. The molecule has 0 aliphatic heterocycles. The number of aromatic nitrogens is 3. The van der Waals surface area contributed by atoms with Crippen LogP contribution in [-0.2, 0) is 0 Å². The highest BCUT2D eigenvalue weighted by molar-refractivity contribution is 6.59. The number of aromatic hydroxyl groups is 10. The van der Waals surface area contributed by atoms with Gasteiger partial charge in [0.05, 0.1) is 16.7 Å². The van der Waals surface area contributed by atoms with E-state index in [-0.39, 0.29) is 27.8 Å². The molecule has 10 N–H and O–H groups in total. The van der Waals surface area contributed by atoms with Crippen LogP contribution in [0.3, 0.4) is 0 Å². The summed E-state index contributed by atoms with van der Waals surface area (Å²) in [4.78, 5) is 12.9. The fraction of sp³-hybridized carbons (Fsp3) is 0. The fourth-order valence-corrected chi connectivity index (χ4v) is 7.47. The number of phenolic OH excluding ortho intramolecular Hbond substituents is 10. The number of hydrogen-bond donors (Lipinski definition) is 10. The van der Waals surface area contributed by atoms with Gasteiger partial charge in [-0.05, 0) is 22.8 Å². The second-order valence-corrected chi connectivity index (χ2v) is 14.1. The molecule has 14 nitrogen and oxygen atoms in total. The highest BCUT2D eigenvalue weighted by atomic mass is 16.4. The molecule has 0 saturated heterocycles. The third-order valence-electron chi connectivity index (χ3n) is 10.6. The first kappa shape index (κ1) is 39.0. The molecule has 0 unspecified atom stereocenters. The van der Waals surface area contributed by atoms with Crippen molar-refractivity contribution >= 4 is 61.9 Å². The molecule has 17 heteroatoms. The van der Waals surface area contributed by atoms with Crippen molar-refractivity contribution in [2.75, 3.05) is 0 Å². The van der Waals surface area contributed by atoms with Crippen LogP contribution in [0.4, 0.5) is 0 Å². The lowest BCUT2D eigenvalue weighted by atomic mass is 9.69. The summed E-state index contributed by atoms with van der Waals surface area (Å²) >= 11 is 0. The van der Waals surface area contributed by atoms with E-state index in [1.165, 1.54) is 0 Å². The Kier molecular flexibility index (Phi) is 9.05. The molecular formula is C45H26B3N3O11. The van der Waals surface area contributed by atoms with Gasteiger partial charge in [-0.1, -0.05) is 102 Å². The molecule has 0 amide bonds. The zero-order valence-corrected chi connectivity index (χ0v) is 31.7. The zero-order chi connectivity index (χ0) is 43.9. The van der Waals surface area contributed by atoms with Crippen molar-refractivity contribution in [2.45, 2.75) is 0 Å². The van der Waals surface area contributed by atoms with Crippen LogP contribution in [-0.4, -0.2) is 89.6 Å². The van der Waals surface area contributed by atoms with E-state index in [0.29, 0.717) is 16.4 Å². The molecule has 0 spiro atoms. The van der Waals surface area contributed by atoms with Crippen LogP contribution in [0, 0.1) is 0 Å². The maximum Gasteiger partial charge on any atom is 0.208 e. The summed E-state index contributed by atoms with van der Waals surface area (Å²) < 4.78 is 6.27. The molecular weight excluding hydrogens is 791 g/mol. The summed E-state index contributed by atoms with van der Waals surface area (Å²) in [5.74, 6) is -12.9. The number of fused-ring (bicyclic) bond motifs is 3. The smallest absolute Gasteiger partial charge is 0.208 e. The highest BCUT2D eigenvalue weighted by Crippen LogP contribution is 2.58. The Morgan fingerprint density at radius 1 is 0.339 bits per heavy atom. The summed E-state index contributed by atoms with van der Waals surface area (Å²) in [7, 11) is 18.2. The molecule has 0 atom stereocenters. The normalized spacial score (nSPS) is 11.4. The van der Waals surface area contributed by atoms with E-state index in [2.05, 4.69) is 15.0 Å². The Balaban J connectivity index is 1.41. The van der Waals surface area contributed by atoms with Crippen LogP contribution in [0.5, 0.6) is 57.5 Å². The molecule has 9 aromatic rings. The van der Waals surface area contributed by atoms with Crippen LogP contribution in [0.2, 0.25) is 0 Å². The van der Waals surface area contributed by atoms with Crippen LogP contribution >= 0.6 is 0 Å². The lowest BCUT2D eigenvalue weighted by Crippen LogP contribution is -2.40. The molecule has 0 saturated carbocycles. The number of benzene rings is 7. The summed E-state index contributed by atoms with van der Waals surface area (Å²) in [6.45, 7) is 0. The third-order valence-corrected chi connectivity index (χ3v) is 10.6. The standard InChI is InChI=1S/C45H26B3N3O11/c46-29-26(35(55)38(58)31(48)30(29)47)43-49-44(51-45(50-43)28-36(56)39(59)41(61)40(60)37(28)57)27-33(53)24(19-15-13-18(14-16-19)17-7-2-1-3-8-17)32(52)25(34(27)54)22-11-6-10-21-20-9-4-5-12-23(20)62-42(21)22/h1-16,52-61H. The van der Waals surface area contributed by atoms with Crippen molar-refractivity contribution in [2.24, 2.45) is 0 Å². The number of rotatable bonds is 6. The van der Waals surface area contributed by atoms with E-state index in [0.717, 1.165) is 11.1 Å². The largest absolute Gasteiger partial charge is 0.506 e. The minimum absolute atomic E-state index is 0.147. The van der Waals surface area contributed by atoms with E-state index in [1.54, 1.807) is 54.6 Å². The molecule has 2 heterocycles. The first-order valence-corrected chi connectivity index (χ1v) is 18.4. The Hall–Kier alpha value is -8.46. The summed E-state index contributed by atoms with van der Waals surface area (Å²) in [6.07, 6.45) is 0. The van der Waals surface area contributed by atoms with Crippen molar-refractivity contribution in [1.29, 1.82) is 0 Å². The molecule has 0 bridgehead atoms. The number of para-hydroxylation sites is 2. The SMILES string of the molecule is [B]c1c([B])c(O)c(O)c(-c2nc(-c3c(O)c(O)c(O)c(O)c3O)nc(-c3c(O)c(-c4ccc(-c5ccccc5)cc4)c(O)c(-c4cccc5c4oc4ccccc45)c3O)n2)c1[B]. The topological polar surface area (TPSA) is 254 Å². The number of nitrogens with zero attached hydrogens (tertiary/aromatic N) is 3. The second kappa shape index (κ2) is 14.4. The summed E-state index contributed by atoms with van der Waals surface area (Å²) in [5, 5.41) is 113. The minimum atomic E-state index is -1.31. The van der Waals surface area contributed by atoms with E-state index >= 15 is 0 Å².